The van der Waals surface area contributed by atoms with Gasteiger partial charge in [-0.05, 0) is 13.3 Å². The Balaban J connectivity index is 1.87. The van der Waals surface area contributed by atoms with Gasteiger partial charge in [0.25, 0.3) is 0 Å². The molecule has 0 aromatic carbocycles. The zero-order valence-electron chi connectivity index (χ0n) is 8.54. The Morgan fingerprint density at radius 2 is 2.36 bits per heavy atom. The van der Waals surface area contributed by atoms with Crippen LogP contribution in [-0.2, 0) is 11.3 Å². The molecule has 0 bridgehead atoms. The minimum atomic E-state index is 0.0579. The van der Waals surface area contributed by atoms with E-state index in [4.69, 9.17) is 9.15 Å². The smallest absolute Gasteiger partial charge is 0.230 e. The molecule has 14 heavy (non-hydrogen) atoms. The van der Waals surface area contributed by atoms with E-state index < -0.39 is 0 Å². The van der Waals surface area contributed by atoms with E-state index in [0.717, 1.165) is 19.6 Å². The van der Waals surface area contributed by atoms with Crippen LogP contribution in [0.2, 0.25) is 0 Å². The third-order valence-electron chi connectivity index (χ3n) is 2.45. The molecule has 1 saturated heterocycles. The highest BCUT2D eigenvalue weighted by Gasteiger charge is 2.29. The molecule has 1 fully saturated rings. The Labute approximate surface area is 82.8 Å². The molecule has 0 radical (unpaired) electrons. The molecule has 1 atom stereocenters. The lowest BCUT2D eigenvalue weighted by molar-refractivity contribution is 0.170. The van der Waals surface area contributed by atoms with Crippen LogP contribution in [0.5, 0.6) is 0 Å². The van der Waals surface area contributed by atoms with E-state index in [1.165, 1.54) is 0 Å². The fourth-order valence-electron chi connectivity index (χ4n) is 1.50. The van der Waals surface area contributed by atoms with Gasteiger partial charge in [0.15, 0.2) is 0 Å². The molecule has 1 N–H and O–H groups in total. The van der Waals surface area contributed by atoms with Crippen molar-refractivity contribution in [3.8, 4) is 0 Å². The molecule has 1 unspecified atom stereocenters. The second-order valence-corrected chi connectivity index (χ2v) is 3.93. The summed E-state index contributed by atoms with van der Waals surface area (Å²) in [6, 6.07) is 0. The number of aromatic nitrogens is 2. The van der Waals surface area contributed by atoms with Crippen LogP contribution >= 0.6 is 0 Å². The first kappa shape index (κ1) is 9.61. The molecular formula is C9H15N3O2. The predicted molar refractivity (Wildman–Crippen MR) is 49.7 cm³/mol. The molecule has 78 valence electrons. The van der Waals surface area contributed by atoms with Crippen LogP contribution in [0, 0.1) is 6.92 Å². The quantitative estimate of drug-likeness (QED) is 0.770. The Bertz CT molecular complexity index is 305. The van der Waals surface area contributed by atoms with Gasteiger partial charge in [0.1, 0.15) is 0 Å². The fourth-order valence-corrected chi connectivity index (χ4v) is 1.50. The molecule has 1 aliphatic heterocycles. The lowest BCUT2D eigenvalue weighted by atomic mass is 10.0. The molecule has 5 heteroatoms. The highest BCUT2D eigenvalue weighted by Crippen LogP contribution is 2.17. The minimum absolute atomic E-state index is 0.0579. The Hall–Kier alpha value is -0.940. The van der Waals surface area contributed by atoms with Crippen LogP contribution in [0.15, 0.2) is 4.42 Å². The zero-order chi connectivity index (χ0) is 10.0. The zero-order valence-corrected chi connectivity index (χ0v) is 8.54. The van der Waals surface area contributed by atoms with E-state index in [1.54, 1.807) is 6.92 Å². The van der Waals surface area contributed by atoms with Gasteiger partial charge in [-0.25, -0.2) is 0 Å². The molecule has 1 aromatic heterocycles. The number of rotatable bonds is 3. The summed E-state index contributed by atoms with van der Waals surface area (Å²) >= 11 is 0. The molecule has 0 saturated carbocycles. The average molecular weight is 197 g/mol. The van der Waals surface area contributed by atoms with E-state index in [0.29, 0.717) is 18.3 Å². The van der Waals surface area contributed by atoms with Gasteiger partial charge in [-0.2, -0.15) is 0 Å². The summed E-state index contributed by atoms with van der Waals surface area (Å²) in [6.45, 7) is 6.12. The van der Waals surface area contributed by atoms with Gasteiger partial charge in [-0.1, -0.05) is 0 Å². The van der Waals surface area contributed by atoms with Crippen molar-refractivity contribution in [1.29, 1.82) is 0 Å². The molecule has 1 aromatic rings. The lowest BCUT2D eigenvalue weighted by Crippen LogP contribution is -2.42. The summed E-state index contributed by atoms with van der Waals surface area (Å²) in [5, 5.41) is 11.1. The van der Waals surface area contributed by atoms with Gasteiger partial charge in [0.05, 0.1) is 13.2 Å². The van der Waals surface area contributed by atoms with E-state index in [1.807, 2.05) is 0 Å². The minimum Gasteiger partial charge on any atom is -0.424 e. The van der Waals surface area contributed by atoms with Crippen molar-refractivity contribution in [2.24, 2.45) is 0 Å². The van der Waals surface area contributed by atoms with Crippen molar-refractivity contribution in [2.75, 3.05) is 13.2 Å². The van der Waals surface area contributed by atoms with Crippen LogP contribution < -0.4 is 5.32 Å². The second kappa shape index (κ2) is 3.67. The Morgan fingerprint density at radius 1 is 1.50 bits per heavy atom. The maximum atomic E-state index is 5.32. The third-order valence-corrected chi connectivity index (χ3v) is 2.45. The van der Waals surface area contributed by atoms with Crippen LogP contribution in [0.3, 0.4) is 0 Å². The molecular weight excluding hydrogens is 182 g/mol. The molecule has 1 aliphatic rings. The normalized spacial score (nSPS) is 27.0. The van der Waals surface area contributed by atoms with E-state index in [9.17, 15) is 0 Å². The van der Waals surface area contributed by atoms with Gasteiger partial charge in [-0.15, -0.1) is 10.2 Å². The first-order valence-corrected chi connectivity index (χ1v) is 4.80. The Kier molecular flexibility index (Phi) is 2.52. The van der Waals surface area contributed by atoms with Crippen molar-refractivity contribution < 1.29 is 9.15 Å². The van der Waals surface area contributed by atoms with Crippen LogP contribution in [0.25, 0.3) is 0 Å². The highest BCUT2D eigenvalue weighted by molar-refractivity contribution is 4.89. The van der Waals surface area contributed by atoms with Crippen LogP contribution in [-0.4, -0.2) is 29.0 Å². The van der Waals surface area contributed by atoms with Gasteiger partial charge in [0, 0.05) is 19.1 Å². The van der Waals surface area contributed by atoms with E-state index >= 15 is 0 Å². The van der Waals surface area contributed by atoms with Crippen molar-refractivity contribution >= 4 is 0 Å². The average Bonchev–Trinajstić information content (AvgIpc) is 2.73. The SMILES string of the molecule is Cc1nnc(CNC2(C)CCOC2)o1. The first-order valence-electron chi connectivity index (χ1n) is 4.80. The molecule has 0 amide bonds. The van der Waals surface area contributed by atoms with Crippen molar-refractivity contribution in [3.63, 3.8) is 0 Å². The fraction of sp³-hybridized carbons (Fsp3) is 0.778. The summed E-state index contributed by atoms with van der Waals surface area (Å²) in [4.78, 5) is 0. The summed E-state index contributed by atoms with van der Waals surface area (Å²) in [5.41, 5.74) is 0.0579. The number of hydrogen-bond acceptors (Lipinski definition) is 5. The summed E-state index contributed by atoms with van der Waals surface area (Å²) in [7, 11) is 0. The standard InChI is InChI=1S/C9H15N3O2/c1-7-11-12-8(14-7)5-10-9(2)3-4-13-6-9/h10H,3-6H2,1-2H3. The number of nitrogens with zero attached hydrogens (tertiary/aromatic N) is 2. The van der Waals surface area contributed by atoms with Gasteiger partial charge < -0.3 is 14.5 Å². The lowest BCUT2D eigenvalue weighted by Gasteiger charge is -2.22. The molecule has 5 nitrogen and oxygen atoms in total. The summed E-state index contributed by atoms with van der Waals surface area (Å²) < 4.78 is 10.6. The van der Waals surface area contributed by atoms with Gasteiger partial charge >= 0.3 is 0 Å². The Morgan fingerprint density at radius 3 is 2.93 bits per heavy atom. The number of ether oxygens (including phenoxy) is 1. The number of aryl methyl sites for hydroxylation is 1. The number of nitrogens with one attached hydrogen (secondary N) is 1. The van der Waals surface area contributed by atoms with E-state index in [2.05, 4.69) is 22.4 Å². The molecule has 0 aliphatic carbocycles. The first-order chi connectivity index (χ1) is 6.68. The maximum Gasteiger partial charge on any atom is 0.230 e. The summed E-state index contributed by atoms with van der Waals surface area (Å²) in [6.07, 6.45) is 1.03. The molecule has 2 heterocycles. The maximum absolute atomic E-state index is 5.32. The van der Waals surface area contributed by atoms with Crippen LogP contribution in [0.1, 0.15) is 25.1 Å². The van der Waals surface area contributed by atoms with E-state index in [-0.39, 0.29) is 5.54 Å². The molecule has 0 spiro atoms. The third kappa shape index (κ3) is 2.10. The topological polar surface area (TPSA) is 60.2 Å². The second-order valence-electron chi connectivity index (χ2n) is 3.93. The van der Waals surface area contributed by atoms with Crippen molar-refractivity contribution in [1.82, 2.24) is 15.5 Å². The van der Waals surface area contributed by atoms with Gasteiger partial charge in [-0.3, -0.25) is 0 Å². The largest absolute Gasteiger partial charge is 0.424 e. The van der Waals surface area contributed by atoms with Crippen molar-refractivity contribution in [2.45, 2.75) is 32.4 Å². The van der Waals surface area contributed by atoms with Crippen molar-refractivity contribution in [3.05, 3.63) is 11.8 Å². The predicted octanol–water partition coefficient (Wildman–Crippen LogP) is 0.647. The van der Waals surface area contributed by atoms with Crippen LogP contribution in [0.4, 0.5) is 0 Å². The molecule has 2 rings (SSSR count). The number of hydrogen-bond donors (Lipinski definition) is 1. The summed E-state index contributed by atoms with van der Waals surface area (Å²) in [5.74, 6) is 1.24. The van der Waals surface area contributed by atoms with Gasteiger partial charge in [0.2, 0.25) is 11.8 Å². The highest BCUT2D eigenvalue weighted by atomic mass is 16.5. The monoisotopic (exact) mass is 197 g/mol.